The Kier molecular flexibility index (Phi) is 5.61. The van der Waals surface area contributed by atoms with Gasteiger partial charge < -0.3 is 10.2 Å². The lowest BCUT2D eigenvalue weighted by Crippen LogP contribution is -2.40. The average molecular weight is 339 g/mol. The van der Waals surface area contributed by atoms with Crippen molar-refractivity contribution in [2.45, 2.75) is 26.7 Å². The summed E-state index contributed by atoms with van der Waals surface area (Å²) in [5.41, 5.74) is 0.860. The van der Waals surface area contributed by atoms with Crippen LogP contribution in [0.4, 0.5) is 5.69 Å². The van der Waals surface area contributed by atoms with Crippen LogP contribution in [0, 0.1) is 11.8 Å². The summed E-state index contributed by atoms with van der Waals surface area (Å²) in [6.07, 6.45) is 1.87. The van der Waals surface area contributed by atoms with Crippen LogP contribution in [0.1, 0.15) is 26.7 Å². The van der Waals surface area contributed by atoms with Gasteiger partial charge in [0.1, 0.15) is 0 Å². The van der Waals surface area contributed by atoms with Crippen molar-refractivity contribution in [1.29, 1.82) is 0 Å². The first-order valence-electron chi connectivity index (χ1n) is 7.30. The maximum Gasteiger partial charge on any atom is 0.225 e. The van der Waals surface area contributed by atoms with E-state index in [4.69, 9.17) is 0 Å². The third-order valence-electron chi connectivity index (χ3n) is 3.73. The number of hydrogen-bond acceptors (Lipinski definition) is 2. The smallest absolute Gasteiger partial charge is 0.225 e. The third-order valence-corrected chi connectivity index (χ3v) is 4.26. The van der Waals surface area contributed by atoms with Gasteiger partial charge in [-0.3, -0.25) is 4.79 Å². The molecule has 1 heterocycles. The van der Waals surface area contributed by atoms with Crippen LogP contribution >= 0.6 is 15.9 Å². The second kappa shape index (κ2) is 7.23. The molecule has 0 saturated carbocycles. The average Bonchev–Trinajstić information content (AvgIpc) is 2.38. The fourth-order valence-corrected chi connectivity index (χ4v) is 3.26. The highest BCUT2D eigenvalue weighted by atomic mass is 79.9. The summed E-state index contributed by atoms with van der Waals surface area (Å²) in [5, 5.41) is 2.94. The molecule has 0 aromatic heterocycles. The summed E-state index contributed by atoms with van der Waals surface area (Å²) in [5.74, 6) is 1.58. The fourth-order valence-electron chi connectivity index (χ4n) is 2.99. The number of anilines is 1. The first-order chi connectivity index (χ1) is 9.52. The van der Waals surface area contributed by atoms with Crippen LogP contribution in [-0.2, 0) is 4.79 Å². The summed E-state index contributed by atoms with van der Waals surface area (Å²) >= 11 is 3.39. The number of nitrogens with zero attached hydrogens (tertiary/aromatic N) is 1. The second-order valence-electron chi connectivity index (χ2n) is 6.01. The largest absolute Gasteiger partial charge is 0.326 e. The Morgan fingerprint density at radius 3 is 2.45 bits per heavy atom. The van der Waals surface area contributed by atoms with Crippen molar-refractivity contribution in [3.63, 3.8) is 0 Å². The maximum atomic E-state index is 12.0. The normalized spacial score (nSPS) is 23.6. The standard InChI is InChI=1S/C16H23BrN2O/c1-12-9-13(2)11-19(10-12)8-7-16(20)18-15-5-3-14(17)4-6-15/h3-6,12-13H,7-11H2,1-2H3,(H,18,20)/t12-,13-/m0/s1. The minimum atomic E-state index is 0.0956. The van der Waals surface area contributed by atoms with Crippen LogP contribution in [0.3, 0.4) is 0 Å². The molecule has 4 heteroatoms. The molecular formula is C16H23BrN2O. The lowest BCUT2D eigenvalue weighted by molar-refractivity contribution is -0.116. The monoisotopic (exact) mass is 338 g/mol. The molecule has 1 N–H and O–H groups in total. The van der Waals surface area contributed by atoms with Crippen molar-refractivity contribution < 1.29 is 4.79 Å². The predicted molar refractivity (Wildman–Crippen MR) is 86.8 cm³/mol. The minimum Gasteiger partial charge on any atom is -0.326 e. The number of piperidine rings is 1. The van der Waals surface area contributed by atoms with Crippen LogP contribution < -0.4 is 5.32 Å². The summed E-state index contributed by atoms with van der Waals surface area (Å²) in [4.78, 5) is 14.4. The van der Waals surface area contributed by atoms with Gasteiger partial charge in [0.2, 0.25) is 5.91 Å². The summed E-state index contributed by atoms with van der Waals surface area (Å²) in [6.45, 7) is 7.69. The number of carbonyl (C=O) groups excluding carboxylic acids is 1. The van der Waals surface area contributed by atoms with Crippen LogP contribution in [-0.4, -0.2) is 30.4 Å². The van der Waals surface area contributed by atoms with Gasteiger partial charge in [0, 0.05) is 36.2 Å². The molecule has 1 aromatic rings. The van der Waals surface area contributed by atoms with Gasteiger partial charge in [-0.15, -0.1) is 0 Å². The van der Waals surface area contributed by atoms with Crippen LogP contribution in [0.5, 0.6) is 0 Å². The quantitative estimate of drug-likeness (QED) is 0.906. The number of hydrogen-bond donors (Lipinski definition) is 1. The Hall–Kier alpha value is -0.870. The molecule has 1 aliphatic heterocycles. The molecule has 1 aliphatic rings. The Labute approximate surface area is 129 Å². The molecule has 1 aromatic carbocycles. The minimum absolute atomic E-state index is 0.0956. The molecule has 3 nitrogen and oxygen atoms in total. The van der Waals surface area contributed by atoms with Gasteiger partial charge in [-0.05, 0) is 42.5 Å². The molecule has 1 amide bonds. The summed E-state index contributed by atoms with van der Waals surface area (Å²) in [6, 6.07) is 7.69. The molecule has 20 heavy (non-hydrogen) atoms. The highest BCUT2D eigenvalue weighted by Gasteiger charge is 2.21. The van der Waals surface area contributed by atoms with Gasteiger partial charge in [0.25, 0.3) is 0 Å². The van der Waals surface area contributed by atoms with Gasteiger partial charge >= 0.3 is 0 Å². The number of likely N-dealkylation sites (tertiary alicyclic amines) is 1. The molecule has 0 spiro atoms. The first kappa shape index (κ1) is 15.5. The van der Waals surface area contributed by atoms with E-state index in [0.717, 1.165) is 41.6 Å². The highest BCUT2D eigenvalue weighted by Crippen LogP contribution is 2.21. The lowest BCUT2D eigenvalue weighted by atomic mass is 9.92. The number of nitrogens with one attached hydrogen (secondary N) is 1. The molecule has 1 saturated heterocycles. The second-order valence-corrected chi connectivity index (χ2v) is 6.93. The zero-order valence-electron chi connectivity index (χ0n) is 12.2. The van der Waals surface area contributed by atoms with Crippen LogP contribution in [0.25, 0.3) is 0 Å². The zero-order chi connectivity index (χ0) is 14.5. The van der Waals surface area contributed by atoms with Gasteiger partial charge in [0.05, 0.1) is 0 Å². The Balaban J connectivity index is 1.76. The Morgan fingerprint density at radius 2 is 1.85 bits per heavy atom. The zero-order valence-corrected chi connectivity index (χ0v) is 13.8. The topological polar surface area (TPSA) is 32.3 Å². The van der Waals surface area contributed by atoms with E-state index in [1.807, 2.05) is 24.3 Å². The van der Waals surface area contributed by atoms with Crippen molar-refractivity contribution in [3.05, 3.63) is 28.7 Å². The van der Waals surface area contributed by atoms with Gasteiger partial charge in [-0.25, -0.2) is 0 Å². The fraction of sp³-hybridized carbons (Fsp3) is 0.562. The van der Waals surface area contributed by atoms with Crippen molar-refractivity contribution in [2.24, 2.45) is 11.8 Å². The summed E-state index contributed by atoms with van der Waals surface area (Å²) in [7, 11) is 0. The maximum absolute atomic E-state index is 12.0. The third kappa shape index (κ3) is 4.91. The molecule has 0 radical (unpaired) electrons. The van der Waals surface area contributed by atoms with E-state index in [-0.39, 0.29) is 5.91 Å². The van der Waals surface area contributed by atoms with Crippen molar-refractivity contribution in [2.75, 3.05) is 25.0 Å². The van der Waals surface area contributed by atoms with E-state index in [2.05, 4.69) is 40.0 Å². The molecule has 1 fully saturated rings. The van der Waals surface area contributed by atoms with Gasteiger partial charge in [-0.1, -0.05) is 29.8 Å². The van der Waals surface area contributed by atoms with Gasteiger partial charge in [0.15, 0.2) is 0 Å². The van der Waals surface area contributed by atoms with E-state index in [1.165, 1.54) is 6.42 Å². The highest BCUT2D eigenvalue weighted by molar-refractivity contribution is 9.10. The number of halogens is 1. The van der Waals surface area contributed by atoms with E-state index < -0.39 is 0 Å². The number of carbonyl (C=O) groups is 1. The van der Waals surface area contributed by atoms with Crippen molar-refractivity contribution in [1.82, 2.24) is 4.90 Å². The molecule has 110 valence electrons. The molecular weight excluding hydrogens is 316 g/mol. The van der Waals surface area contributed by atoms with E-state index in [1.54, 1.807) is 0 Å². The van der Waals surface area contributed by atoms with E-state index in [9.17, 15) is 4.79 Å². The molecule has 0 aliphatic carbocycles. The number of amides is 1. The Morgan fingerprint density at radius 1 is 1.25 bits per heavy atom. The molecule has 2 atom stereocenters. The first-order valence-corrected chi connectivity index (χ1v) is 8.10. The summed E-state index contributed by atoms with van der Waals surface area (Å²) < 4.78 is 1.02. The number of benzene rings is 1. The lowest BCUT2D eigenvalue weighted by Gasteiger charge is -2.34. The van der Waals surface area contributed by atoms with Crippen molar-refractivity contribution in [3.8, 4) is 0 Å². The predicted octanol–water partition coefficient (Wildman–Crippen LogP) is 3.76. The molecule has 0 unspecified atom stereocenters. The van der Waals surface area contributed by atoms with Gasteiger partial charge in [-0.2, -0.15) is 0 Å². The van der Waals surface area contributed by atoms with Crippen LogP contribution in [0.15, 0.2) is 28.7 Å². The molecule has 0 bridgehead atoms. The van der Waals surface area contributed by atoms with Crippen LogP contribution in [0.2, 0.25) is 0 Å². The SMILES string of the molecule is C[C@H]1C[C@H](C)CN(CCC(=O)Nc2ccc(Br)cc2)C1. The molecule has 2 rings (SSSR count). The Bertz CT molecular complexity index is 436. The number of rotatable bonds is 4. The van der Waals surface area contributed by atoms with Crippen molar-refractivity contribution >= 4 is 27.5 Å². The van der Waals surface area contributed by atoms with E-state index in [0.29, 0.717) is 6.42 Å². The van der Waals surface area contributed by atoms with E-state index >= 15 is 0 Å².